The van der Waals surface area contributed by atoms with Gasteiger partial charge in [-0.25, -0.2) is 0 Å². The average molecular weight is 563 g/mol. The number of benzene rings is 1. The lowest BCUT2D eigenvalue weighted by molar-refractivity contribution is -0.127. The quantitative estimate of drug-likeness (QED) is 0.230. The topological polar surface area (TPSA) is 112 Å². The maximum Gasteiger partial charge on any atom is 0.223 e. The Morgan fingerprint density at radius 3 is 2.52 bits per heavy atom. The Kier molecular flexibility index (Phi) is 13.0. The second kappa shape index (κ2) is 15.9. The van der Waals surface area contributed by atoms with Crippen LogP contribution in [-0.4, -0.2) is 69.8 Å². The predicted molar refractivity (Wildman–Crippen MR) is 158 cm³/mol. The van der Waals surface area contributed by atoms with Crippen molar-refractivity contribution in [3.05, 3.63) is 23.8 Å². The summed E-state index contributed by atoms with van der Waals surface area (Å²) in [6, 6.07) is 5.65. The van der Waals surface area contributed by atoms with Gasteiger partial charge in [-0.2, -0.15) is 0 Å². The van der Waals surface area contributed by atoms with E-state index in [1.54, 1.807) is 14.2 Å². The average Bonchev–Trinajstić information content (AvgIpc) is 3.65. The number of hydrogen-bond acceptors (Lipinski definition) is 7. The molecule has 1 aromatic carbocycles. The molecule has 1 heterocycles. The minimum absolute atomic E-state index is 0.0153. The molecule has 3 rings (SSSR count). The van der Waals surface area contributed by atoms with Crippen molar-refractivity contribution in [2.75, 3.05) is 40.6 Å². The van der Waals surface area contributed by atoms with Crippen LogP contribution in [0.4, 0.5) is 0 Å². The molecule has 2 aliphatic rings. The highest BCUT2D eigenvalue weighted by Crippen LogP contribution is 2.47. The summed E-state index contributed by atoms with van der Waals surface area (Å²) in [7, 11) is 3.33. The van der Waals surface area contributed by atoms with E-state index in [0.717, 1.165) is 37.2 Å². The fourth-order valence-corrected chi connectivity index (χ4v) is 6.05. The van der Waals surface area contributed by atoms with Crippen LogP contribution in [0.5, 0.6) is 11.5 Å². The van der Waals surface area contributed by atoms with E-state index in [0.29, 0.717) is 62.2 Å². The van der Waals surface area contributed by atoms with Gasteiger partial charge in [0, 0.05) is 51.2 Å². The number of aliphatic hydroxyl groups excluding tert-OH is 1. The van der Waals surface area contributed by atoms with Gasteiger partial charge in [0.1, 0.15) is 0 Å². The Morgan fingerprint density at radius 1 is 1.12 bits per heavy atom. The molecule has 8 nitrogen and oxygen atoms in total. The molecule has 1 aromatic rings. The first-order valence-corrected chi connectivity index (χ1v) is 15.3. The molecule has 228 valence electrons. The van der Waals surface area contributed by atoms with Gasteiger partial charge in [0.2, 0.25) is 5.91 Å². The molecule has 0 spiro atoms. The monoisotopic (exact) mass is 562 g/mol. The highest BCUT2D eigenvalue weighted by Gasteiger charge is 2.52. The first-order valence-electron chi connectivity index (χ1n) is 15.3. The van der Waals surface area contributed by atoms with Crippen LogP contribution >= 0.6 is 0 Å². The summed E-state index contributed by atoms with van der Waals surface area (Å²) in [5.74, 6) is 2.97. The van der Waals surface area contributed by atoms with Crippen LogP contribution in [0.25, 0.3) is 0 Å². The molecule has 0 bridgehead atoms. The highest BCUT2D eigenvalue weighted by molar-refractivity contribution is 5.79. The second-order valence-corrected chi connectivity index (χ2v) is 12.5. The highest BCUT2D eigenvalue weighted by atomic mass is 16.5. The van der Waals surface area contributed by atoms with E-state index in [1.807, 2.05) is 26.0 Å². The van der Waals surface area contributed by atoms with Crippen molar-refractivity contribution in [3.63, 3.8) is 0 Å². The third-order valence-corrected chi connectivity index (χ3v) is 8.88. The van der Waals surface area contributed by atoms with Gasteiger partial charge >= 0.3 is 0 Å². The van der Waals surface area contributed by atoms with Crippen LogP contribution in [0.1, 0.15) is 65.4 Å². The molecule has 8 heteroatoms. The second-order valence-electron chi connectivity index (χ2n) is 12.5. The van der Waals surface area contributed by atoms with Crippen molar-refractivity contribution in [1.82, 2.24) is 5.32 Å². The summed E-state index contributed by atoms with van der Waals surface area (Å²) in [6.45, 7) is 11.2. The van der Waals surface area contributed by atoms with Gasteiger partial charge in [0.05, 0.1) is 25.9 Å². The molecular formula is C32H54N2O6. The number of nitrogens with one attached hydrogen (secondary N) is 1. The SMILES string of the molecule is COCCCOc1cc(C[C@@H](C[C@H](N)[C@@H](O)C[C@H](C(=O)NCC2[C@H]3CCCO[C@@H]23)C(C)C)C(C)C)ccc1OC. The van der Waals surface area contributed by atoms with E-state index in [1.165, 1.54) is 6.42 Å². The van der Waals surface area contributed by atoms with E-state index < -0.39 is 12.1 Å². The Hall–Kier alpha value is -1.87. The normalized spacial score (nSPS) is 23.3. The Balaban J connectivity index is 1.54. The van der Waals surface area contributed by atoms with Gasteiger partial charge in [0.25, 0.3) is 0 Å². The van der Waals surface area contributed by atoms with E-state index in [9.17, 15) is 9.90 Å². The fraction of sp³-hybridized carbons (Fsp3) is 0.781. The number of aliphatic hydroxyl groups is 1. The molecule has 40 heavy (non-hydrogen) atoms. The molecule has 2 fully saturated rings. The number of ether oxygens (including phenoxy) is 4. The Bertz CT molecular complexity index is 897. The molecule has 1 aliphatic heterocycles. The first kappa shape index (κ1) is 32.6. The van der Waals surface area contributed by atoms with Crippen LogP contribution < -0.4 is 20.5 Å². The summed E-state index contributed by atoms with van der Waals surface area (Å²) in [5.41, 5.74) is 7.73. The maximum atomic E-state index is 13.1. The molecule has 1 aliphatic carbocycles. The zero-order valence-corrected chi connectivity index (χ0v) is 25.6. The Morgan fingerprint density at radius 2 is 1.90 bits per heavy atom. The largest absolute Gasteiger partial charge is 0.493 e. The summed E-state index contributed by atoms with van der Waals surface area (Å²) in [6.07, 6.45) is 4.54. The number of carbonyl (C=O) groups is 1. The number of methoxy groups -OCH3 is 2. The minimum atomic E-state index is -0.748. The summed E-state index contributed by atoms with van der Waals surface area (Å²) < 4.78 is 22.4. The first-order chi connectivity index (χ1) is 19.2. The van der Waals surface area contributed by atoms with Crippen molar-refractivity contribution in [1.29, 1.82) is 0 Å². The van der Waals surface area contributed by atoms with Crippen LogP contribution in [0.2, 0.25) is 0 Å². The third-order valence-electron chi connectivity index (χ3n) is 8.88. The summed E-state index contributed by atoms with van der Waals surface area (Å²) in [5, 5.41) is 14.3. The summed E-state index contributed by atoms with van der Waals surface area (Å²) in [4.78, 5) is 13.1. The lowest BCUT2D eigenvalue weighted by Gasteiger charge is -2.30. The van der Waals surface area contributed by atoms with Gasteiger partial charge in [-0.15, -0.1) is 0 Å². The van der Waals surface area contributed by atoms with Crippen LogP contribution in [-0.2, 0) is 20.7 Å². The van der Waals surface area contributed by atoms with Gasteiger partial charge < -0.3 is 35.1 Å². The standard InChI is InChI=1S/C32H54N2O6/c1-20(2)23(15-22-10-11-29(38-6)30(16-22)39-14-8-12-37-5)17-27(33)28(35)18-25(21(3)4)32(36)34-19-26-24-9-7-13-40-31(24)26/h10-11,16,20-21,23-28,31,35H,7-9,12-15,17-19,33H2,1-6H3,(H,34,36)/t23-,24+,25-,26?,27-,28-,31+/m0/s1. The van der Waals surface area contributed by atoms with Gasteiger partial charge in [0.15, 0.2) is 11.5 Å². The molecule has 4 N–H and O–H groups in total. The molecule has 1 saturated carbocycles. The maximum absolute atomic E-state index is 13.1. The van der Waals surface area contributed by atoms with E-state index >= 15 is 0 Å². The van der Waals surface area contributed by atoms with Crippen molar-refractivity contribution in [2.24, 2.45) is 41.2 Å². The van der Waals surface area contributed by atoms with Crippen molar-refractivity contribution in [3.8, 4) is 11.5 Å². The van der Waals surface area contributed by atoms with Gasteiger partial charge in [-0.05, 0) is 73.5 Å². The molecule has 7 atom stereocenters. The van der Waals surface area contributed by atoms with E-state index in [2.05, 4.69) is 25.2 Å². The van der Waals surface area contributed by atoms with Gasteiger partial charge in [-0.3, -0.25) is 4.79 Å². The molecule has 1 unspecified atom stereocenters. The smallest absolute Gasteiger partial charge is 0.223 e. The lowest BCUT2D eigenvalue weighted by Crippen LogP contribution is -2.43. The summed E-state index contributed by atoms with van der Waals surface area (Å²) >= 11 is 0. The number of carbonyl (C=O) groups excluding carboxylic acids is 1. The zero-order chi connectivity index (χ0) is 29.2. The van der Waals surface area contributed by atoms with Crippen molar-refractivity contribution in [2.45, 2.75) is 84.5 Å². The van der Waals surface area contributed by atoms with Gasteiger partial charge in [-0.1, -0.05) is 33.8 Å². The molecule has 1 saturated heterocycles. The van der Waals surface area contributed by atoms with Crippen molar-refractivity contribution < 1.29 is 28.8 Å². The van der Waals surface area contributed by atoms with Crippen LogP contribution in [0.3, 0.4) is 0 Å². The zero-order valence-electron chi connectivity index (χ0n) is 25.6. The lowest BCUT2D eigenvalue weighted by atomic mass is 9.81. The third kappa shape index (κ3) is 9.33. The molecular weight excluding hydrogens is 508 g/mol. The molecule has 0 aromatic heterocycles. The Labute approximate surface area is 241 Å². The molecule has 1 amide bonds. The number of nitrogens with two attached hydrogens (primary N) is 1. The van der Waals surface area contributed by atoms with Crippen molar-refractivity contribution >= 4 is 5.91 Å². The fourth-order valence-electron chi connectivity index (χ4n) is 6.05. The number of rotatable bonds is 18. The van der Waals surface area contributed by atoms with Crippen LogP contribution in [0, 0.1) is 35.5 Å². The predicted octanol–water partition coefficient (Wildman–Crippen LogP) is 4.21. The number of hydrogen-bond donors (Lipinski definition) is 3. The number of amides is 1. The number of fused-ring (bicyclic) bond motifs is 1. The van der Waals surface area contributed by atoms with Crippen LogP contribution in [0.15, 0.2) is 18.2 Å². The van der Waals surface area contributed by atoms with E-state index in [4.69, 9.17) is 24.7 Å². The molecule has 0 radical (unpaired) electrons. The van der Waals surface area contributed by atoms with E-state index in [-0.39, 0.29) is 23.7 Å². The minimum Gasteiger partial charge on any atom is -0.493 e.